The molecule has 2 N–H and O–H groups in total. The van der Waals surface area contributed by atoms with Crippen LogP contribution in [0.25, 0.3) is 11.2 Å². The van der Waals surface area contributed by atoms with E-state index in [2.05, 4.69) is 15.3 Å². The van der Waals surface area contributed by atoms with Crippen molar-refractivity contribution >= 4 is 23.0 Å². The maximum atomic E-state index is 13.5. The van der Waals surface area contributed by atoms with E-state index in [1.165, 1.54) is 25.1 Å². The number of amides is 1. The van der Waals surface area contributed by atoms with Gasteiger partial charge in [0.1, 0.15) is 11.3 Å². The number of rotatable bonds is 5. The molecular formula is C21H20F4N4O2. The molecule has 1 saturated carbocycles. The lowest BCUT2D eigenvalue weighted by Gasteiger charge is -2.29. The predicted molar refractivity (Wildman–Crippen MR) is 105 cm³/mol. The number of fused-ring (bicyclic) bond motifs is 1. The first-order chi connectivity index (χ1) is 14.5. The van der Waals surface area contributed by atoms with Crippen LogP contribution >= 0.6 is 0 Å². The minimum Gasteiger partial charge on any atom is -0.385 e. The van der Waals surface area contributed by atoms with Crippen molar-refractivity contribution in [2.75, 3.05) is 5.32 Å². The molecule has 164 valence electrons. The van der Waals surface area contributed by atoms with Crippen LogP contribution in [-0.2, 0) is 16.6 Å². The summed E-state index contributed by atoms with van der Waals surface area (Å²) in [6.07, 6.45) is -1.68. The molecule has 0 aliphatic heterocycles. The highest BCUT2D eigenvalue weighted by atomic mass is 19.4. The van der Waals surface area contributed by atoms with Gasteiger partial charge in [-0.3, -0.25) is 14.7 Å². The third-order valence-corrected chi connectivity index (χ3v) is 5.50. The maximum absolute atomic E-state index is 13.5. The topological polar surface area (TPSA) is 80.0 Å². The number of alkyl halides is 3. The van der Waals surface area contributed by atoms with Gasteiger partial charge in [0, 0.05) is 12.2 Å². The summed E-state index contributed by atoms with van der Waals surface area (Å²) < 4.78 is 54.3. The second-order valence-electron chi connectivity index (χ2n) is 7.96. The largest absolute Gasteiger partial charge is 0.417 e. The minimum atomic E-state index is -4.56. The van der Waals surface area contributed by atoms with Crippen molar-refractivity contribution in [2.24, 2.45) is 0 Å². The number of anilines is 1. The van der Waals surface area contributed by atoms with Crippen LogP contribution in [-0.4, -0.2) is 25.5 Å². The molecule has 0 spiro atoms. The van der Waals surface area contributed by atoms with E-state index in [0.717, 1.165) is 37.6 Å². The smallest absolute Gasteiger partial charge is 0.385 e. The van der Waals surface area contributed by atoms with Crippen LogP contribution < -0.4 is 5.32 Å². The molecule has 3 aromatic rings. The first-order valence-corrected chi connectivity index (χ1v) is 9.78. The van der Waals surface area contributed by atoms with Crippen molar-refractivity contribution < 1.29 is 27.5 Å². The Balaban J connectivity index is 1.63. The molecular weight excluding hydrogens is 416 g/mol. The Morgan fingerprint density at radius 1 is 1.26 bits per heavy atom. The fourth-order valence-electron chi connectivity index (χ4n) is 3.62. The average molecular weight is 436 g/mol. The number of hydrogen-bond acceptors (Lipinski definition) is 4. The maximum Gasteiger partial charge on any atom is 0.417 e. The highest BCUT2D eigenvalue weighted by Gasteiger charge is 2.34. The van der Waals surface area contributed by atoms with Gasteiger partial charge in [0.2, 0.25) is 11.9 Å². The molecule has 0 radical (unpaired) electrons. The third kappa shape index (κ3) is 4.25. The van der Waals surface area contributed by atoms with Gasteiger partial charge in [0.15, 0.2) is 5.65 Å². The minimum absolute atomic E-state index is 0.0221. The molecule has 1 atom stereocenters. The van der Waals surface area contributed by atoms with Gasteiger partial charge in [-0.2, -0.15) is 13.2 Å². The summed E-state index contributed by atoms with van der Waals surface area (Å²) in [6, 6.07) is 6.16. The number of pyridine rings is 1. The van der Waals surface area contributed by atoms with E-state index in [1.807, 2.05) is 0 Å². The van der Waals surface area contributed by atoms with E-state index in [1.54, 1.807) is 4.57 Å². The molecule has 31 heavy (non-hydrogen) atoms. The van der Waals surface area contributed by atoms with Crippen LogP contribution in [0.2, 0.25) is 0 Å². The number of hydrogen-bond donors (Lipinski definition) is 2. The van der Waals surface area contributed by atoms with Crippen LogP contribution in [0.5, 0.6) is 0 Å². The summed E-state index contributed by atoms with van der Waals surface area (Å²) in [5, 5.41) is 13.3. The van der Waals surface area contributed by atoms with Gasteiger partial charge in [-0.25, -0.2) is 14.4 Å². The fraction of sp³-hybridized carbons (Fsp3) is 0.381. The standard InChI is InChI=1S/C21H20F4N4O2/c1-20(31,12-4-2-5-14(22)8-12)10-17(30)28-19-27-16-9-13(21(23,24)25)11-26-18(16)29(19)15-6-3-7-15/h2,4-5,8-9,11,15,31H,3,6-7,10H2,1H3,(H,27,28,30). The molecule has 1 fully saturated rings. The lowest BCUT2D eigenvalue weighted by atomic mass is 9.92. The Kier molecular flexibility index (Phi) is 5.20. The van der Waals surface area contributed by atoms with Crippen molar-refractivity contribution in [3.05, 3.63) is 53.5 Å². The lowest BCUT2D eigenvalue weighted by Crippen LogP contribution is -2.30. The summed E-state index contributed by atoms with van der Waals surface area (Å²) in [4.78, 5) is 20.8. The molecule has 2 aromatic heterocycles. The summed E-state index contributed by atoms with van der Waals surface area (Å²) >= 11 is 0. The summed E-state index contributed by atoms with van der Waals surface area (Å²) in [5.41, 5.74) is -2.07. The van der Waals surface area contributed by atoms with E-state index >= 15 is 0 Å². The number of benzene rings is 1. The number of imidazole rings is 1. The Bertz CT molecular complexity index is 1140. The van der Waals surface area contributed by atoms with Crippen LogP contribution in [0.4, 0.5) is 23.5 Å². The van der Waals surface area contributed by atoms with Crippen LogP contribution in [0.3, 0.4) is 0 Å². The SMILES string of the molecule is CC(O)(CC(=O)Nc1nc2cc(C(F)(F)F)cnc2n1C1CCC1)c1cccc(F)c1. The van der Waals surface area contributed by atoms with Gasteiger partial charge < -0.3 is 5.11 Å². The normalized spacial score (nSPS) is 16.7. The van der Waals surface area contributed by atoms with E-state index in [9.17, 15) is 27.5 Å². The molecule has 1 aliphatic carbocycles. The lowest BCUT2D eigenvalue weighted by molar-refractivity contribution is -0.137. The van der Waals surface area contributed by atoms with E-state index in [-0.39, 0.29) is 28.7 Å². The number of halogens is 4. The van der Waals surface area contributed by atoms with Crippen LogP contribution in [0, 0.1) is 5.82 Å². The summed E-state index contributed by atoms with van der Waals surface area (Å²) in [7, 11) is 0. The number of carbonyl (C=O) groups excluding carboxylic acids is 1. The van der Waals surface area contributed by atoms with Gasteiger partial charge in [-0.05, 0) is 49.9 Å². The Labute approximate surface area is 174 Å². The monoisotopic (exact) mass is 436 g/mol. The van der Waals surface area contributed by atoms with E-state index in [0.29, 0.717) is 0 Å². The molecule has 1 unspecified atom stereocenters. The molecule has 10 heteroatoms. The second kappa shape index (κ2) is 7.60. The second-order valence-corrected chi connectivity index (χ2v) is 7.96. The van der Waals surface area contributed by atoms with Gasteiger partial charge >= 0.3 is 6.18 Å². The van der Waals surface area contributed by atoms with Crippen LogP contribution in [0.1, 0.15) is 49.8 Å². The Morgan fingerprint density at radius 2 is 2.00 bits per heavy atom. The van der Waals surface area contributed by atoms with E-state index < -0.39 is 35.5 Å². The number of aromatic nitrogens is 3. The van der Waals surface area contributed by atoms with Crippen molar-refractivity contribution in [1.29, 1.82) is 0 Å². The molecule has 4 rings (SSSR count). The fourth-order valence-corrected chi connectivity index (χ4v) is 3.62. The summed E-state index contributed by atoms with van der Waals surface area (Å²) in [6.45, 7) is 1.38. The van der Waals surface area contributed by atoms with Gasteiger partial charge in [-0.1, -0.05) is 12.1 Å². The highest BCUT2D eigenvalue weighted by molar-refractivity contribution is 5.91. The van der Waals surface area contributed by atoms with Gasteiger partial charge in [-0.15, -0.1) is 0 Å². The number of aliphatic hydroxyl groups is 1. The molecule has 1 aliphatic rings. The molecule has 0 saturated heterocycles. The van der Waals surface area contributed by atoms with Crippen LogP contribution in [0.15, 0.2) is 36.5 Å². The van der Waals surface area contributed by atoms with Gasteiger partial charge in [0.25, 0.3) is 0 Å². The van der Waals surface area contributed by atoms with Gasteiger partial charge in [0.05, 0.1) is 17.6 Å². The van der Waals surface area contributed by atoms with Crippen molar-refractivity contribution in [1.82, 2.24) is 14.5 Å². The van der Waals surface area contributed by atoms with Crippen molar-refractivity contribution in [3.63, 3.8) is 0 Å². The number of nitrogens with one attached hydrogen (secondary N) is 1. The molecule has 1 aromatic carbocycles. The molecule has 2 heterocycles. The number of nitrogens with zero attached hydrogens (tertiary/aromatic N) is 3. The zero-order valence-electron chi connectivity index (χ0n) is 16.6. The zero-order valence-corrected chi connectivity index (χ0v) is 16.6. The molecule has 1 amide bonds. The van der Waals surface area contributed by atoms with Crippen molar-refractivity contribution in [2.45, 2.75) is 50.4 Å². The molecule has 0 bridgehead atoms. The number of carbonyl (C=O) groups is 1. The van der Waals surface area contributed by atoms with E-state index in [4.69, 9.17) is 0 Å². The highest BCUT2D eigenvalue weighted by Crippen LogP contribution is 2.38. The first-order valence-electron chi connectivity index (χ1n) is 9.78. The zero-order chi connectivity index (χ0) is 22.4. The third-order valence-electron chi connectivity index (χ3n) is 5.50. The van der Waals surface area contributed by atoms with Crippen molar-refractivity contribution in [3.8, 4) is 0 Å². The Morgan fingerprint density at radius 3 is 2.61 bits per heavy atom. The predicted octanol–water partition coefficient (Wildman–Crippen LogP) is 4.55. The molecule has 6 nitrogen and oxygen atoms in total. The first kappa shape index (κ1) is 21.2. The average Bonchev–Trinajstić information content (AvgIpc) is 2.96. The quantitative estimate of drug-likeness (QED) is 0.575. The summed E-state index contributed by atoms with van der Waals surface area (Å²) in [5.74, 6) is -1.08. The Hall–Kier alpha value is -3.01.